The summed E-state index contributed by atoms with van der Waals surface area (Å²) in [5.41, 5.74) is 0.469. The number of benzene rings is 2. The number of aromatic nitrogens is 4. The van der Waals surface area contributed by atoms with E-state index in [1.165, 1.54) is 9.13 Å². The van der Waals surface area contributed by atoms with Crippen molar-refractivity contribution in [3.8, 4) is 22.9 Å². The molecule has 31 heavy (non-hydrogen) atoms. The third-order valence-electron chi connectivity index (χ3n) is 4.93. The first kappa shape index (κ1) is 20.4. The third kappa shape index (κ3) is 3.70. The number of hydrogen-bond donors (Lipinski definition) is 0. The fourth-order valence-corrected chi connectivity index (χ4v) is 3.46. The summed E-state index contributed by atoms with van der Waals surface area (Å²) in [6.07, 6.45) is 0. The Morgan fingerprint density at radius 2 is 1.84 bits per heavy atom. The van der Waals surface area contributed by atoms with Crippen LogP contribution in [0.1, 0.15) is 19.7 Å². The molecular weight excluding hydrogens is 400 g/mol. The summed E-state index contributed by atoms with van der Waals surface area (Å²) < 4.78 is 19.0. The number of para-hydroxylation sites is 1. The summed E-state index contributed by atoms with van der Waals surface area (Å²) in [5.74, 6) is 1.79. The van der Waals surface area contributed by atoms with Gasteiger partial charge in [0.15, 0.2) is 11.5 Å². The zero-order chi connectivity index (χ0) is 22.0. The summed E-state index contributed by atoms with van der Waals surface area (Å²) in [7, 11) is 1.56. The topological polar surface area (TPSA) is 101 Å². The fourth-order valence-electron chi connectivity index (χ4n) is 3.46. The molecule has 0 saturated heterocycles. The highest BCUT2D eigenvalue weighted by molar-refractivity contribution is 5.77. The van der Waals surface area contributed by atoms with Crippen LogP contribution in [0, 0.1) is 0 Å². The van der Waals surface area contributed by atoms with Crippen molar-refractivity contribution in [2.75, 3.05) is 13.7 Å². The first-order chi connectivity index (χ1) is 15.1. The van der Waals surface area contributed by atoms with Crippen molar-refractivity contribution in [2.24, 2.45) is 0 Å². The molecular formula is C22H22N4O5. The zero-order valence-electron chi connectivity index (χ0n) is 17.5. The van der Waals surface area contributed by atoms with Crippen LogP contribution in [0.15, 0.2) is 56.6 Å². The lowest BCUT2D eigenvalue weighted by atomic mass is 10.2. The van der Waals surface area contributed by atoms with E-state index in [1.54, 1.807) is 56.5 Å². The molecule has 9 heteroatoms. The van der Waals surface area contributed by atoms with Crippen molar-refractivity contribution in [3.05, 3.63) is 69.2 Å². The fraction of sp³-hybridized carbons (Fsp3) is 0.273. The molecule has 0 fully saturated rings. The van der Waals surface area contributed by atoms with Crippen LogP contribution >= 0.6 is 0 Å². The standard InChI is InChI=1S/C22H22N4O5/c1-4-25-21(27)15-8-6-7-9-16(15)26(22(25)28)13-19-23-20(24-31-19)14-10-11-17(30-5-2)18(12-14)29-3/h6-12H,4-5,13H2,1-3H3. The summed E-state index contributed by atoms with van der Waals surface area (Å²) in [4.78, 5) is 29.9. The largest absolute Gasteiger partial charge is 0.493 e. The number of fused-ring (bicyclic) bond motifs is 1. The highest BCUT2D eigenvalue weighted by Crippen LogP contribution is 2.31. The van der Waals surface area contributed by atoms with Gasteiger partial charge in [0, 0.05) is 12.1 Å². The van der Waals surface area contributed by atoms with E-state index in [0.717, 1.165) is 0 Å². The number of methoxy groups -OCH3 is 1. The predicted molar refractivity (Wildman–Crippen MR) is 115 cm³/mol. The van der Waals surface area contributed by atoms with Crippen molar-refractivity contribution in [2.45, 2.75) is 26.9 Å². The minimum atomic E-state index is -0.423. The molecule has 0 atom stereocenters. The molecule has 0 aliphatic rings. The van der Waals surface area contributed by atoms with Crippen LogP contribution in [-0.2, 0) is 13.1 Å². The molecule has 0 spiro atoms. The molecule has 0 aliphatic carbocycles. The Morgan fingerprint density at radius 3 is 2.58 bits per heavy atom. The normalized spacial score (nSPS) is 11.1. The van der Waals surface area contributed by atoms with Gasteiger partial charge in [-0.3, -0.25) is 13.9 Å². The number of nitrogens with zero attached hydrogens (tertiary/aromatic N) is 4. The molecule has 0 unspecified atom stereocenters. The summed E-state index contributed by atoms with van der Waals surface area (Å²) in [5, 5.41) is 4.50. The molecule has 0 N–H and O–H groups in total. The van der Waals surface area contributed by atoms with E-state index in [1.807, 2.05) is 6.92 Å². The van der Waals surface area contributed by atoms with E-state index in [2.05, 4.69) is 10.1 Å². The van der Waals surface area contributed by atoms with Crippen molar-refractivity contribution < 1.29 is 14.0 Å². The highest BCUT2D eigenvalue weighted by Gasteiger charge is 2.16. The van der Waals surface area contributed by atoms with Crippen LogP contribution in [0.3, 0.4) is 0 Å². The summed E-state index contributed by atoms with van der Waals surface area (Å²) in [6, 6.07) is 12.3. The maximum atomic E-state index is 12.9. The number of ether oxygens (including phenoxy) is 2. The van der Waals surface area contributed by atoms with Crippen LogP contribution in [0.2, 0.25) is 0 Å². The molecule has 4 rings (SSSR count). The lowest BCUT2D eigenvalue weighted by Gasteiger charge is -2.11. The van der Waals surface area contributed by atoms with E-state index in [-0.39, 0.29) is 24.5 Å². The van der Waals surface area contributed by atoms with Gasteiger partial charge in [0.1, 0.15) is 6.54 Å². The maximum absolute atomic E-state index is 12.9. The molecule has 9 nitrogen and oxygen atoms in total. The van der Waals surface area contributed by atoms with Gasteiger partial charge >= 0.3 is 5.69 Å². The van der Waals surface area contributed by atoms with E-state index in [0.29, 0.717) is 40.4 Å². The Hall–Kier alpha value is -3.88. The van der Waals surface area contributed by atoms with Crippen molar-refractivity contribution >= 4 is 10.9 Å². The van der Waals surface area contributed by atoms with Crippen molar-refractivity contribution in [1.82, 2.24) is 19.3 Å². The Labute approximate surface area is 177 Å². The van der Waals surface area contributed by atoms with Crippen molar-refractivity contribution in [1.29, 1.82) is 0 Å². The minimum absolute atomic E-state index is 0.0425. The maximum Gasteiger partial charge on any atom is 0.331 e. The van der Waals surface area contributed by atoms with E-state index < -0.39 is 5.69 Å². The van der Waals surface area contributed by atoms with Crippen LogP contribution in [0.4, 0.5) is 0 Å². The average Bonchev–Trinajstić information content (AvgIpc) is 3.26. The Kier molecular flexibility index (Phi) is 5.57. The van der Waals surface area contributed by atoms with Gasteiger partial charge in [-0.05, 0) is 44.2 Å². The van der Waals surface area contributed by atoms with E-state index >= 15 is 0 Å². The van der Waals surface area contributed by atoms with Gasteiger partial charge in [0.2, 0.25) is 11.7 Å². The molecule has 0 aliphatic heterocycles. The van der Waals surface area contributed by atoms with E-state index in [4.69, 9.17) is 14.0 Å². The van der Waals surface area contributed by atoms with Crippen LogP contribution in [0.25, 0.3) is 22.3 Å². The highest BCUT2D eigenvalue weighted by atomic mass is 16.5. The average molecular weight is 422 g/mol. The van der Waals surface area contributed by atoms with E-state index in [9.17, 15) is 9.59 Å². The van der Waals surface area contributed by atoms with Crippen LogP contribution in [-0.4, -0.2) is 33.0 Å². The molecule has 0 radical (unpaired) electrons. The smallest absolute Gasteiger partial charge is 0.331 e. The molecule has 2 heterocycles. The Morgan fingerprint density at radius 1 is 1.03 bits per heavy atom. The third-order valence-corrected chi connectivity index (χ3v) is 4.93. The molecule has 4 aromatic rings. The summed E-state index contributed by atoms with van der Waals surface area (Å²) >= 11 is 0. The van der Waals surface area contributed by atoms with Crippen molar-refractivity contribution in [3.63, 3.8) is 0 Å². The quantitative estimate of drug-likeness (QED) is 0.451. The molecule has 2 aromatic heterocycles. The summed E-state index contributed by atoms with van der Waals surface area (Å²) in [6.45, 7) is 4.48. The molecule has 2 aromatic carbocycles. The lowest BCUT2D eigenvalue weighted by Crippen LogP contribution is -2.39. The number of hydrogen-bond acceptors (Lipinski definition) is 7. The molecule has 0 amide bonds. The van der Waals surface area contributed by atoms with Gasteiger partial charge in [-0.2, -0.15) is 4.98 Å². The first-order valence-electron chi connectivity index (χ1n) is 9.93. The van der Waals surface area contributed by atoms with Crippen LogP contribution < -0.4 is 20.7 Å². The van der Waals surface area contributed by atoms with Gasteiger partial charge in [0.05, 0.1) is 24.6 Å². The second-order valence-electron chi connectivity index (χ2n) is 6.75. The molecule has 0 bridgehead atoms. The predicted octanol–water partition coefficient (Wildman–Crippen LogP) is 2.69. The molecule has 160 valence electrons. The first-order valence-corrected chi connectivity index (χ1v) is 9.93. The SMILES string of the molecule is CCOc1ccc(-c2noc(Cn3c(=O)n(CC)c(=O)c4ccccc43)n2)cc1OC. The number of rotatable bonds is 7. The van der Waals surface area contributed by atoms with Gasteiger partial charge in [-0.1, -0.05) is 17.3 Å². The second kappa shape index (κ2) is 8.47. The van der Waals surface area contributed by atoms with Gasteiger partial charge in [0.25, 0.3) is 5.56 Å². The van der Waals surface area contributed by atoms with Gasteiger partial charge in [-0.15, -0.1) is 0 Å². The van der Waals surface area contributed by atoms with Crippen LogP contribution in [0.5, 0.6) is 11.5 Å². The Balaban J connectivity index is 1.73. The minimum Gasteiger partial charge on any atom is -0.493 e. The monoisotopic (exact) mass is 422 g/mol. The lowest BCUT2D eigenvalue weighted by molar-refractivity contribution is 0.311. The molecule has 0 saturated carbocycles. The Bertz CT molecular complexity index is 1350. The second-order valence-corrected chi connectivity index (χ2v) is 6.75. The van der Waals surface area contributed by atoms with Gasteiger partial charge in [-0.25, -0.2) is 4.79 Å². The zero-order valence-corrected chi connectivity index (χ0v) is 17.5. The van der Waals surface area contributed by atoms with Gasteiger partial charge < -0.3 is 14.0 Å².